The molecule has 160 valence electrons. The van der Waals surface area contributed by atoms with E-state index in [9.17, 15) is 14.4 Å². The van der Waals surface area contributed by atoms with Gasteiger partial charge in [-0.2, -0.15) is 0 Å². The van der Waals surface area contributed by atoms with Crippen molar-refractivity contribution in [3.63, 3.8) is 0 Å². The Morgan fingerprint density at radius 1 is 0.839 bits per heavy atom. The van der Waals surface area contributed by atoms with Crippen molar-refractivity contribution in [2.75, 3.05) is 23.2 Å². The van der Waals surface area contributed by atoms with Gasteiger partial charge in [-0.1, -0.05) is 29.8 Å². The van der Waals surface area contributed by atoms with E-state index in [-0.39, 0.29) is 11.1 Å². The third-order valence-electron chi connectivity index (χ3n) is 4.61. The molecule has 0 spiro atoms. The number of esters is 1. The summed E-state index contributed by atoms with van der Waals surface area (Å²) < 4.78 is 6.24. The summed E-state index contributed by atoms with van der Waals surface area (Å²) in [5.41, 5.74) is 4.63. The molecule has 1 heterocycles. The number of methoxy groups -OCH3 is 1. The van der Waals surface area contributed by atoms with Gasteiger partial charge in [-0.05, 0) is 50.2 Å². The van der Waals surface area contributed by atoms with Gasteiger partial charge in [0.15, 0.2) is 0 Å². The number of hydrogen-bond acceptors (Lipinski definition) is 4. The first kappa shape index (κ1) is 21.9. The maximum absolute atomic E-state index is 13.0. The molecule has 0 bridgehead atoms. The van der Waals surface area contributed by atoms with Gasteiger partial charge in [0.2, 0.25) is 0 Å². The maximum Gasteiger partial charge on any atom is 0.340 e. The molecule has 0 saturated carbocycles. The summed E-state index contributed by atoms with van der Waals surface area (Å²) in [4.78, 5) is 37.9. The number of rotatable bonds is 5. The highest BCUT2D eigenvalue weighted by molar-refractivity contribution is 6.30. The molecule has 0 atom stereocenters. The lowest BCUT2D eigenvalue weighted by atomic mass is 10.1. The number of anilines is 2. The summed E-state index contributed by atoms with van der Waals surface area (Å²) in [6, 6.07) is 14.9. The third kappa shape index (κ3) is 4.87. The van der Waals surface area contributed by atoms with Gasteiger partial charge in [0.05, 0.1) is 29.6 Å². The Morgan fingerprint density at radius 2 is 1.42 bits per heavy atom. The van der Waals surface area contributed by atoms with Crippen LogP contribution in [0.25, 0.3) is 0 Å². The fourth-order valence-corrected chi connectivity index (χ4v) is 3.27. The summed E-state index contributed by atoms with van der Waals surface area (Å²) in [5, 5.41) is 5.95. The molecule has 3 rings (SSSR count). The molecule has 9 heteroatoms. The van der Waals surface area contributed by atoms with Crippen molar-refractivity contribution in [2.24, 2.45) is 0 Å². The summed E-state index contributed by atoms with van der Waals surface area (Å²) in [5.74, 6) is -1.21. The van der Waals surface area contributed by atoms with Crippen LogP contribution in [-0.4, -0.2) is 29.7 Å². The van der Waals surface area contributed by atoms with E-state index < -0.39 is 17.9 Å². The number of urea groups is 1. The average molecular weight is 441 g/mol. The van der Waals surface area contributed by atoms with Crippen molar-refractivity contribution in [3.8, 4) is 0 Å². The SMILES string of the molecule is COC(=O)c1c(C(=O)Nc2ccc(Cl)cc2)c(C)n(NC(=O)Nc2ccccc2)c1C. The quantitative estimate of drug-likeness (QED) is 0.505. The van der Waals surface area contributed by atoms with Crippen molar-refractivity contribution in [2.45, 2.75) is 13.8 Å². The Bertz CT molecular complexity index is 1120. The predicted molar refractivity (Wildman–Crippen MR) is 119 cm³/mol. The fourth-order valence-electron chi connectivity index (χ4n) is 3.14. The van der Waals surface area contributed by atoms with Crippen LogP contribution >= 0.6 is 11.6 Å². The number of benzene rings is 2. The second-order valence-electron chi connectivity index (χ2n) is 6.64. The molecule has 8 nitrogen and oxygen atoms in total. The smallest absolute Gasteiger partial charge is 0.340 e. The molecule has 3 N–H and O–H groups in total. The number of nitrogens with zero attached hydrogens (tertiary/aromatic N) is 1. The first-order valence-corrected chi connectivity index (χ1v) is 9.69. The lowest BCUT2D eigenvalue weighted by Crippen LogP contribution is -2.29. The number of halogens is 1. The molecular formula is C22H21ClN4O4. The van der Waals surface area contributed by atoms with Crippen molar-refractivity contribution >= 4 is 40.9 Å². The van der Waals surface area contributed by atoms with Crippen LogP contribution in [0.5, 0.6) is 0 Å². The van der Waals surface area contributed by atoms with Gasteiger partial charge in [-0.15, -0.1) is 0 Å². The number of hydrogen-bond donors (Lipinski definition) is 3. The monoisotopic (exact) mass is 440 g/mol. The van der Waals surface area contributed by atoms with E-state index in [4.69, 9.17) is 16.3 Å². The number of aromatic nitrogens is 1. The van der Waals surface area contributed by atoms with Crippen molar-refractivity contribution in [3.05, 3.63) is 82.1 Å². The topological polar surface area (TPSA) is 101 Å². The van der Waals surface area contributed by atoms with E-state index in [2.05, 4.69) is 16.1 Å². The molecular weight excluding hydrogens is 420 g/mol. The molecule has 3 aromatic rings. The third-order valence-corrected chi connectivity index (χ3v) is 4.86. The summed E-state index contributed by atoms with van der Waals surface area (Å²) in [6.07, 6.45) is 0. The second-order valence-corrected chi connectivity index (χ2v) is 7.08. The van der Waals surface area contributed by atoms with Gasteiger partial charge in [-0.25, -0.2) is 15.0 Å². The molecule has 0 unspecified atom stereocenters. The summed E-state index contributed by atoms with van der Waals surface area (Å²) in [7, 11) is 1.23. The van der Waals surface area contributed by atoms with Crippen LogP contribution in [-0.2, 0) is 4.74 Å². The largest absolute Gasteiger partial charge is 0.465 e. The van der Waals surface area contributed by atoms with Crippen LogP contribution in [0, 0.1) is 13.8 Å². The molecule has 3 amide bonds. The predicted octanol–water partition coefficient (Wildman–Crippen LogP) is 4.57. The minimum absolute atomic E-state index is 0.0616. The first-order valence-electron chi connectivity index (χ1n) is 9.32. The molecule has 31 heavy (non-hydrogen) atoms. The van der Waals surface area contributed by atoms with Gasteiger partial charge in [0.25, 0.3) is 5.91 Å². The van der Waals surface area contributed by atoms with Crippen LogP contribution in [0.2, 0.25) is 5.02 Å². The first-order chi connectivity index (χ1) is 14.8. The van der Waals surface area contributed by atoms with Crippen LogP contribution in [0.15, 0.2) is 54.6 Å². The Balaban J connectivity index is 1.93. The number of amides is 3. The van der Waals surface area contributed by atoms with Crippen LogP contribution < -0.4 is 16.1 Å². The van der Waals surface area contributed by atoms with Gasteiger partial charge in [-0.3, -0.25) is 9.47 Å². The second kappa shape index (κ2) is 9.36. The highest BCUT2D eigenvalue weighted by Crippen LogP contribution is 2.24. The molecule has 0 aliphatic heterocycles. The molecule has 0 aliphatic carbocycles. The number of para-hydroxylation sites is 1. The van der Waals surface area contributed by atoms with Crippen molar-refractivity contribution in [1.29, 1.82) is 0 Å². The minimum Gasteiger partial charge on any atom is -0.465 e. The Hall–Kier alpha value is -3.78. The highest BCUT2D eigenvalue weighted by Gasteiger charge is 2.29. The highest BCUT2D eigenvalue weighted by atomic mass is 35.5. The van der Waals surface area contributed by atoms with E-state index in [0.29, 0.717) is 27.8 Å². The van der Waals surface area contributed by atoms with Crippen LogP contribution in [0.4, 0.5) is 16.2 Å². The zero-order chi connectivity index (χ0) is 22.5. The number of carbonyl (C=O) groups is 3. The molecule has 2 aromatic carbocycles. The number of carbonyl (C=O) groups excluding carboxylic acids is 3. The molecule has 0 saturated heterocycles. The lowest BCUT2D eigenvalue weighted by Gasteiger charge is -2.12. The Labute approximate surface area is 184 Å². The minimum atomic E-state index is -0.689. The van der Waals surface area contributed by atoms with Crippen LogP contribution in [0.3, 0.4) is 0 Å². The van der Waals surface area contributed by atoms with E-state index in [1.807, 2.05) is 6.07 Å². The summed E-state index contributed by atoms with van der Waals surface area (Å²) in [6.45, 7) is 3.24. The number of nitrogens with one attached hydrogen (secondary N) is 3. The van der Waals surface area contributed by atoms with Gasteiger partial charge in [0.1, 0.15) is 0 Å². The molecule has 1 aromatic heterocycles. The standard InChI is InChI=1S/C22H21ClN4O4/c1-13-18(20(28)24-17-11-9-15(23)10-12-17)19(21(29)31-3)14(2)27(13)26-22(30)25-16-7-5-4-6-8-16/h4-12H,1-3H3,(H,24,28)(H2,25,26,30). The Morgan fingerprint density at radius 3 is 2.03 bits per heavy atom. The molecule has 0 fully saturated rings. The molecule has 0 aliphatic rings. The van der Waals surface area contributed by atoms with Crippen molar-refractivity contribution in [1.82, 2.24) is 4.68 Å². The van der Waals surface area contributed by atoms with E-state index in [1.165, 1.54) is 11.8 Å². The lowest BCUT2D eigenvalue weighted by molar-refractivity contribution is 0.0596. The van der Waals surface area contributed by atoms with Gasteiger partial charge < -0.3 is 15.4 Å². The summed E-state index contributed by atoms with van der Waals surface area (Å²) >= 11 is 5.88. The molecule has 0 radical (unpaired) electrons. The average Bonchev–Trinajstić information content (AvgIpc) is 3.00. The van der Waals surface area contributed by atoms with Crippen LogP contribution in [0.1, 0.15) is 32.1 Å². The number of ether oxygens (including phenoxy) is 1. The Kier molecular flexibility index (Phi) is 6.61. The van der Waals surface area contributed by atoms with Crippen molar-refractivity contribution < 1.29 is 19.1 Å². The maximum atomic E-state index is 13.0. The van der Waals surface area contributed by atoms with Gasteiger partial charge in [0, 0.05) is 16.4 Å². The van der Waals surface area contributed by atoms with Gasteiger partial charge >= 0.3 is 12.0 Å². The van der Waals surface area contributed by atoms with E-state index in [0.717, 1.165) is 0 Å². The zero-order valence-corrected chi connectivity index (χ0v) is 17.9. The fraction of sp³-hybridized carbons (Fsp3) is 0.136. The van der Waals surface area contributed by atoms with E-state index >= 15 is 0 Å². The van der Waals surface area contributed by atoms with E-state index in [1.54, 1.807) is 62.4 Å². The zero-order valence-electron chi connectivity index (χ0n) is 17.2. The normalized spacial score (nSPS) is 10.3.